The van der Waals surface area contributed by atoms with Gasteiger partial charge in [0, 0.05) is 0 Å². The van der Waals surface area contributed by atoms with E-state index in [0.29, 0.717) is 13.2 Å². The highest BCUT2D eigenvalue weighted by Crippen LogP contribution is 2.07. The predicted octanol–water partition coefficient (Wildman–Crippen LogP) is 6.32. The fourth-order valence-corrected chi connectivity index (χ4v) is 1.83. The van der Waals surface area contributed by atoms with Crippen molar-refractivity contribution in [1.29, 1.82) is 0 Å². The Morgan fingerprint density at radius 1 is 0.591 bits per heavy atom. The Morgan fingerprint density at radius 3 is 1.27 bits per heavy atom. The highest BCUT2D eigenvalue weighted by atomic mass is 17.2. The van der Waals surface area contributed by atoms with Gasteiger partial charge in [0.2, 0.25) is 0 Å². The molecule has 0 heterocycles. The number of rotatable bonds is 11. The van der Waals surface area contributed by atoms with E-state index in [-0.39, 0.29) is 0 Å². The first-order chi connectivity index (χ1) is 10.4. The van der Waals surface area contributed by atoms with Gasteiger partial charge in [0.05, 0.1) is 0 Å². The Labute approximate surface area is 137 Å². The molecule has 0 aliphatic heterocycles. The van der Waals surface area contributed by atoms with E-state index in [1.807, 2.05) is 0 Å². The maximum absolute atomic E-state index is 5.18. The van der Waals surface area contributed by atoms with E-state index in [9.17, 15) is 0 Å². The van der Waals surface area contributed by atoms with Crippen molar-refractivity contribution in [2.24, 2.45) is 0 Å². The van der Waals surface area contributed by atoms with E-state index in [1.165, 1.54) is 22.3 Å². The lowest BCUT2D eigenvalue weighted by molar-refractivity contribution is -0.277. The topological polar surface area (TPSA) is 18.5 Å². The first-order valence-corrected chi connectivity index (χ1v) is 8.24. The lowest BCUT2D eigenvalue weighted by atomic mass is 10.1. The third-order valence-electron chi connectivity index (χ3n) is 3.27. The third-order valence-corrected chi connectivity index (χ3v) is 3.27. The summed E-state index contributed by atoms with van der Waals surface area (Å²) in [5.41, 5.74) is 5.43. The number of hydrogen-bond donors (Lipinski definition) is 0. The molecule has 0 saturated heterocycles. The minimum Gasteiger partial charge on any atom is -0.232 e. The molecular weight excluding hydrogens is 272 g/mol. The molecule has 0 rings (SSSR count). The van der Waals surface area contributed by atoms with Gasteiger partial charge in [-0.3, -0.25) is 0 Å². The van der Waals surface area contributed by atoms with Crippen LogP contribution < -0.4 is 0 Å². The molecule has 2 heteroatoms. The second kappa shape index (κ2) is 13.5. The Kier molecular flexibility index (Phi) is 12.8. The molecule has 0 aromatic rings. The molecule has 2 nitrogen and oxygen atoms in total. The largest absolute Gasteiger partial charge is 0.232 e. The molecule has 126 valence electrons. The average molecular weight is 306 g/mol. The molecule has 0 spiro atoms. The van der Waals surface area contributed by atoms with Crippen molar-refractivity contribution >= 4 is 0 Å². The van der Waals surface area contributed by atoms with Crippen LogP contribution in [0.25, 0.3) is 0 Å². The summed E-state index contributed by atoms with van der Waals surface area (Å²) in [6.07, 6.45) is 13.1. The van der Waals surface area contributed by atoms with Gasteiger partial charge in [-0.25, -0.2) is 9.78 Å². The molecule has 0 aromatic heterocycles. The van der Waals surface area contributed by atoms with Gasteiger partial charge in [-0.1, -0.05) is 46.6 Å². The summed E-state index contributed by atoms with van der Waals surface area (Å²) in [5.74, 6) is 0. The lowest BCUT2D eigenvalue weighted by Gasteiger charge is -2.02. The van der Waals surface area contributed by atoms with Crippen LogP contribution in [0.5, 0.6) is 0 Å². The highest BCUT2D eigenvalue weighted by Gasteiger charge is 1.92. The van der Waals surface area contributed by atoms with Crippen molar-refractivity contribution in [2.75, 3.05) is 13.2 Å². The monoisotopic (exact) mass is 306 g/mol. The van der Waals surface area contributed by atoms with E-state index in [4.69, 9.17) is 9.78 Å². The fraction of sp³-hybridized carbons (Fsp3) is 0.600. The van der Waals surface area contributed by atoms with Crippen LogP contribution in [0.1, 0.15) is 67.2 Å². The van der Waals surface area contributed by atoms with Crippen molar-refractivity contribution in [2.45, 2.75) is 67.2 Å². The molecule has 0 aliphatic rings. The van der Waals surface area contributed by atoms with Crippen molar-refractivity contribution < 1.29 is 9.78 Å². The van der Waals surface area contributed by atoms with Gasteiger partial charge < -0.3 is 0 Å². The van der Waals surface area contributed by atoms with Gasteiger partial charge in [-0.15, -0.1) is 0 Å². The minimum absolute atomic E-state index is 0.519. The zero-order chi connectivity index (χ0) is 16.8. The SMILES string of the molecule is CC(C)=CCC/C(C)=C/COOC/C=C(\C)CCC=C(C)C. The molecule has 0 aromatic carbocycles. The number of allylic oxidation sites excluding steroid dienone is 6. The summed E-state index contributed by atoms with van der Waals surface area (Å²) in [4.78, 5) is 10.4. The Morgan fingerprint density at radius 2 is 0.955 bits per heavy atom. The van der Waals surface area contributed by atoms with Crippen LogP contribution in [0.2, 0.25) is 0 Å². The van der Waals surface area contributed by atoms with E-state index in [0.717, 1.165) is 25.7 Å². The van der Waals surface area contributed by atoms with Crippen LogP contribution in [0, 0.1) is 0 Å². The molecule has 0 fully saturated rings. The van der Waals surface area contributed by atoms with Gasteiger partial charge in [0.15, 0.2) is 0 Å². The van der Waals surface area contributed by atoms with Gasteiger partial charge in [0.1, 0.15) is 13.2 Å². The molecule has 0 atom stereocenters. The normalized spacial score (nSPS) is 12.3. The molecule has 0 unspecified atom stereocenters. The summed E-state index contributed by atoms with van der Waals surface area (Å²) in [6.45, 7) is 13.8. The van der Waals surface area contributed by atoms with Gasteiger partial charge in [0.25, 0.3) is 0 Å². The van der Waals surface area contributed by atoms with Gasteiger partial charge in [-0.2, -0.15) is 0 Å². The second-order valence-electron chi connectivity index (χ2n) is 6.31. The van der Waals surface area contributed by atoms with Gasteiger partial charge >= 0.3 is 0 Å². The zero-order valence-electron chi connectivity index (χ0n) is 15.4. The Bertz CT molecular complexity index is 363. The van der Waals surface area contributed by atoms with Crippen LogP contribution in [-0.2, 0) is 9.78 Å². The Hall–Kier alpha value is -1.12. The van der Waals surface area contributed by atoms with Crippen molar-refractivity contribution in [3.05, 3.63) is 46.6 Å². The lowest BCUT2D eigenvalue weighted by Crippen LogP contribution is -1.96. The summed E-state index contributed by atoms with van der Waals surface area (Å²) in [6, 6.07) is 0. The summed E-state index contributed by atoms with van der Waals surface area (Å²) in [7, 11) is 0. The fourth-order valence-electron chi connectivity index (χ4n) is 1.83. The average Bonchev–Trinajstić information content (AvgIpc) is 2.41. The molecule has 0 aliphatic carbocycles. The second-order valence-corrected chi connectivity index (χ2v) is 6.31. The van der Waals surface area contributed by atoms with Crippen LogP contribution in [0.15, 0.2) is 46.6 Å². The molecule has 0 radical (unpaired) electrons. The maximum atomic E-state index is 5.18. The van der Waals surface area contributed by atoms with Gasteiger partial charge in [-0.05, 0) is 67.2 Å². The Balaban J connectivity index is 3.71. The molecule has 0 saturated carbocycles. The first kappa shape index (κ1) is 20.9. The van der Waals surface area contributed by atoms with E-state index < -0.39 is 0 Å². The molecule has 22 heavy (non-hydrogen) atoms. The smallest absolute Gasteiger partial charge is 0.101 e. The van der Waals surface area contributed by atoms with Crippen LogP contribution >= 0.6 is 0 Å². The number of hydrogen-bond acceptors (Lipinski definition) is 2. The van der Waals surface area contributed by atoms with Crippen molar-refractivity contribution in [1.82, 2.24) is 0 Å². The van der Waals surface area contributed by atoms with Crippen molar-refractivity contribution in [3.8, 4) is 0 Å². The van der Waals surface area contributed by atoms with Crippen LogP contribution in [0.4, 0.5) is 0 Å². The highest BCUT2D eigenvalue weighted by molar-refractivity contribution is 5.03. The predicted molar refractivity (Wildman–Crippen MR) is 96.7 cm³/mol. The first-order valence-electron chi connectivity index (χ1n) is 8.24. The third kappa shape index (κ3) is 15.3. The van der Waals surface area contributed by atoms with E-state index in [1.54, 1.807) is 0 Å². The maximum Gasteiger partial charge on any atom is 0.101 e. The zero-order valence-corrected chi connectivity index (χ0v) is 15.4. The van der Waals surface area contributed by atoms with E-state index in [2.05, 4.69) is 65.8 Å². The minimum atomic E-state index is 0.519. The summed E-state index contributed by atoms with van der Waals surface area (Å²) in [5, 5.41) is 0. The molecular formula is C20H34O2. The molecule has 0 amide bonds. The van der Waals surface area contributed by atoms with E-state index >= 15 is 0 Å². The standard InChI is InChI=1S/C20H34O2/c1-17(2)9-7-11-19(5)13-15-21-22-16-14-20(6)12-8-10-18(3)4/h9-10,13-14H,7-8,11-12,15-16H2,1-6H3/b19-13+,20-14+. The summed E-state index contributed by atoms with van der Waals surface area (Å²) < 4.78 is 0. The molecule has 0 N–H and O–H groups in total. The quantitative estimate of drug-likeness (QED) is 0.192. The van der Waals surface area contributed by atoms with Crippen LogP contribution in [0.3, 0.4) is 0 Å². The van der Waals surface area contributed by atoms with Crippen LogP contribution in [-0.4, -0.2) is 13.2 Å². The van der Waals surface area contributed by atoms with Crippen molar-refractivity contribution in [3.63, 3.8) is 0 Å². The molecule has 0 bridgehead atoms. The summed E-state index contributed by atoms with van der Waals surface area (Å²) >= 11 is 0.